The van der Waals surface area contributed by atoms with Crippen LogP contribution in [-0.4, -0.2) is 34.5 Å². The van der Waals surface area contributed by atoms with Gasteiger partial charge in [0.25, 0.3) is 0 Å². The lowest BCUT2D eigenvalue weighted by molar-refractivity contribution is -0.145. The molecule has 1 aliphatic rings. The number of alkyl halides is 2. The van der Waals surface area contributed by atoms with Crippen LogP contribution in [0.5, 0.6) is 5.88 Å². The Morgan fingerprint density at radius 1 is 1.37 bits per heavy atom. The maximum Gasteiger partial charge on any atom is 0.388 e. The summed E-state index contributed by atoms with van der Waals surface area (Å²) in [7, 11) is 1.35. The first-order chi connectivity index (χ1) is 12.8. The van der Waals surface area contributed by atoms with Gasteiger partial charge in [0.1, 0.15) is 0 Å². The fourth-order valence-corrected chi connectivity index (χ4v) is 3.40. The third kappa shape index (κ3) is 3.77. The molecule has 1 aliphatic carbocycles. The first kappa shape index (κ1) is 19.2. The molecule has 0 aliphatic heterocycles. The molecule has 2 aromatic rings. The summed E-state index contributed by atoms with van der Waals surface area (Å²) in [5, 5.41) is 4.52. The highest BCUT2D eigenvalue weighted by Crippen LogP contribution is 2.37. The molecule has 9 heteroatoms. The van der Waals surface area contributed by atoms with Crippen molar-refractivity contribution in [1.29, 1.82) is 0 Å². The normalized spacial score (nSPS) is 16.5. The topological polar surface area (TPSA) is 66.2 Å². The molecule has 27 heavy (non-hydrogen) atoms. The van der Waals surface area contributed by atoms with Crippen LogP contribution in [-0.2, 0) is 22.4 Å². The second kappa shape index (κ2) is 7.58. The Kier molecular flexibility index (Phi) is 5.38. The molecule has 0 saturated heterocycles. The van der Waals surface area contributed by atoms with Crippen LogP contribution in [0.3, 0.4) is 0 Å². The van der Waals surface area contributed by atoms with Crippen LogP contribution in [0.4, 0.5) is 13.2 Å². The Bertz CT molecular complexity index is 852. The van der Waals surface area contributed by atoms with E-state index in [9.17, 15) is 18.0 Å². The Balaban J connectivity index is 2.07. The second-order valence-electron chi connectivity index (χ2n) is 6.66. The Morgan fingerprint density at radius 2 is 2.11 bits per heavy atom. The number of hydrogen-bond donors (Lipinski definition) is 0. The van der Waals surface area contributed by atoms with Gasteiger partial charge in [-0.2, -0.15) is 13.9 Å². The van der Waals surface area contributed by atoms with Crippen molar-refractivity contribution in [2.45, 2.75) is 45.8 Å². The third-order valence-corrected chi connectivity index (χ3v) is 4.62. The summed E-state index contributed by atoms with van der Waals surface area (Å²) in [6.45, 7) is 0.791. The fourth-order valence-electron chi connectivity index (χ4n) is 3.40. The average Bonchev–Trinajstić information content (AvgIpc) is 3.01. The number of pyridine rings is 1. The molecule has 0 bridgehead atoms. The van der Waals surface area contributed by atoms with Gasteiger partial charge in [0.2, 0.25) is 5.88 Å². The number of hydrogen-bond acceptors (Lipinski definition) is 5. The van der Waals surface area contributed by atoms with Crippen molar-refractivity contribution < 1.29 is 27.4 Å². The van der Waals surface area contributed by atoms with Gasteiger partial charge in [0.05, 0.1) is 24.9 Å². The van der Waals surface area contributed by atoms with Gasteiger partial charge in [-0.15, -0.1) is 0 Å². The minimum Gasteiger partial charge on any atom is -0.469 e. The molecular weight excluding hydrogens is 363 g/mol. The van der Waals surface area contributed by atoms with Crippen LogP contribution < -0.4 is 4.74 Å². The molecule has 3 rings (SSSR count). The summed E-state index contributed by atoms with van der Waals surface area (Å²) in [4.78, 5) is 15.5. The molecule has 1 atom stereocenters. The number of aromatic nitrogens is 3. The van der Waals surface area contributed by atoms with Gasteiger partial charge in [0.15, 0.2) is 5.82 Å². The third-order valence-electron chi connectivity index (χ3n) is 4.62. The van der Waals surface area contributed by atoms with Gasteiger partial charge in [-0.3, -0.25) is 9.48 Å². The molecule has 0 amide bonds. The molecule has 2 aromatic heterocycles. The van der Waals surface area contributed by atoms with Gasteiger partial charge in [-0.25, -0.2) is 9.37 Å². The molecule has 0 N–H and O–H groups in total. The largest absolute Gasteiger partial charge is 0.469 e. The van der Waals surface area contributed by atoms with E-state index in [-0.39, 0.29) is 29.4 Å². The second-order valence-corrected chi connectivity index (χ2v) is 6.66. The van der Waals surface area contributed by atoms with Crippen LogP contribution >= 0.6 is 0 Å². The lowest BCUT2D eigenvalue weighted by Gasteiger charge is -2.22. The minimum absolute atomic E-state index is 0.0226. The molecule has 0 fully saturated rings. The van der Waals surface area contributed by atoms with E-state index in [2.05, 4.69) is 14.8 Å². The minimum atomic E-state index is -3.06. The lowest BCUT2D eigenvalue weighted by Crippen LogP contribution is -2.25. The number of methoxy groups -OCH3 is 1. The van der Waals surface area contributed by atoms with E-state index >= 15 is 0 Å². The summed E-state index contributed by atoms with van der Waals surface area (Å²) < 4.78 is 50.2. The van der Waals surface area contributed by atoms with E-state index in [1.54, 1.807) is 4.68 Å². The summed E-state index contributed by atoms with van der Waals surface area (Å²) in [6, 6.07) is 1.10. The number of ether oxygens (including phenoxy) is 2. The van der Waals surface area contributed by atoms with Gasteiger partial charge in [-0.05, 0) is 26.7 Å². The molecule has 0 saturated carbocycles. The van der Waals surface area contributed by atoms with Crippen LogP contribution in [0.15, 0.2) is 12.3 Å². The van der Waals surface area contributed by atoms with Gasteiger partial charge in [-0.1, -0.05) is 0 Å². The zero-order valence-corrected chi connectivity index (χ0v) is 15.2. The summed E-state index contributed by atoms with van der Waals surface area (Å²) in [5.41, 5.74) is 2.04. The molecule has 0 spiro atoms. The van der Waals surface area contributed by atoms with Crippen molar-refractivity contribution in [2.75, 3.05) is 7.11 Å². The molecule has 0 radical (unpaired) electrons. The molecular formula is C18H20F3N3O3. The van der Waals surface area contributed by atoms with Crippen molar-refractivity contribution in [3.8, 4) is 17.1 Å². The van der Waals surface area contributed by atoms with E-state index in [1.807, 2.05) is 13.8 Å². The predicted octanol–water partition coefficient (Wildman–Crippen LogP) is 3.54. The highest BCUT2D eigenvalue weighted by molar-refractivity contribution is 5.74. The Labute approximate surface area is 154 Å². The van der Waals surface area contributed by atoms with Crippen molar-refractivity contribution in [2.24, 2.45) is 5.92 Å². The average molecular weight is 383 g/mol. The monoisotopic (exact) mass is 383 g/mol. The number of rotatable bonds is 5. The van der Waals surface area contributed by atoms with E-state index in [4.69, 9.17) is 4.74 Å². The SMILES string of the molecule is COC(=O)[C@@H]1CCc2c(-c3cc(OC(F)F)ncc3F)nn(C(C)C)c2C1. The number of halogens is 3. The van der Waals surface area contributed by atoms with Crippen molar-refractivity contribution >= 4 is 5.97 Å². The summed E-state index contributed by atoms with van der Waals surface area (Å²) >= 11 is 0. The van der Waals surface area contributed by atoms with Gasteiger partial charge < -0.3 is 9.47 Å². The number of nitrogens with zero attached hydrogens (tertiary/aromatic N) is 3. The first-order valence-electron chi connectivity index (χ1n) is 8.60. The maximum atomic E-state index is 14.4. The molecule has 2 heterocycles. The number of carbonyl (C=O) groups excluding carboxylic acids is 1. The predicted molar refractivity (Wildman–Crippen MR) is 90.0 cm³/mol. The zero-order chi connectivity index (χ0) is 19.7. The molecule has 6 nitrogen and oxygen atoms in total. The highest BCUT2D eigenvalue weighted by atomic mass is 19.3. The Morgan fingerprint density at radius 3 is 2.74 bits per heavy atom. The van der Waals surface area contributed by atoms with Crippen LogP contribution in [0.2, 0.25) is 0 Å². The number of fused-ring (bicyclic) bond motifs is 1. The molecule has 0 unspecified atom stereocenters. The van der Waals surface area contributed by atoms with E-state index in [0.717, 1.165) is 23.5 Å². The van der Waals surface area contributed by atoms with Crippen molar-refractivity contribution in [3.05, 3.63) is 29.3 Å². The Hall–Kier alpha value is -2.58. The quantitative estimate of drug-likeness (QED) is 0.739. The van der Waals surface area contributed by atoms with Crippen molar-refractivity contribution in [3.63, 3.8) is 0 Å². The summed E-state index contributed by atoms with van der Waals surface area (Å²) in [6.07, 6.45) is 2.32. The summed E-state index contributed by atoms with van der Waals surface area (Å²) in [5.74, 6) is -1.63. The highest BCUT2D eigenvalue weighted by Gasteiger charge is 2.32. The smallest absolute Gasteiger partial charge is 0.388 e. The van der Waals surface area contributed by atoms with E-state index in [1.165, 1.54) is 7.11 Å². The lowest BCUT2D eigenvalue weighted by atomic mass is 9.85. The van der Waals surface area contributed by atoms with Gasteiger partial charge in [0, 0.05) is 35.3 Å². The number of esters is 1. The van der Waals surface area contributed by atoms with Gasteiger partial charge >= 0.3 is 12.6 Å². The molecule has 146 valence electrons. The zero-order valence-electron chi connectivity index (χ0n) is 15.2. The maximum absolute atomic E-state index is 14.4. The van der Waals surface area contributed by atoms with E-state index in [0.29, 0.717) is 25.0 Å². The fraction of sp³-hybridized carbons (Fsp3) is 0.500. The number of carbonyl (C=O) groups is 1. The first-order valence-corrected chi connectivity index (χ1v) is 8.60. The molecule has 0 aromatic carbocycles. The van der Waals surface area contributed by atoms with Crippen LogP contribution in [0, 0.1) is 11.7 Å². The van der Waals surface area contributed by atoms with Crippen LogP contribution in [0.1, 0.15) is 37.6 Å². The van der Waals surface area contributed by atoms with Crippen molar-refractivity contribution in [1.82, 2.24) is 14.8 Å². The van der Waals surface area contributed by atoms with E-state index < -0.39 is 12.4 Å². The standard InChI is InChI=1S/C18H20F3N3O3/c1-9(2)24-14-6-10(17(25)26-3)4-5-11(14)16(23-24)12-7-15(27-18(20)21)22-8-13(12)19/h7-10,18H,4-6H2,1-3H3/t10-/m1/s1. The van der Waals surface area contributed by atoms with Crippen LogP contribution in [0.25, 0.3) is 11.3 Å².